The molecule has 37 heavy (non-hydrogen) atoms. The van der Waals surface area contributed by atoms with Gasteiger partial charge in [0, 0.05) is 24.0 Å². The van der Waals surface area contributed by atoms with E-state index >= 15 is 0 Å². The number of hydroxylamine groups is 2. The number of hydrogen-bond donors (Lipinski definition) is 0. The number of benzene rings is 1. The van der Waals surface area contributed by atoms with Crippen LogP contribution in [0.5, 0.6) is 0 Å². The molecule has 2 amide bonds. The van der Waals surface area contributed by atoms with Crippen LogP contribution in [-0.4, -0.2) is 100 Å². The molecule has 12 nitrogen and oxygen atoms in total. The fourth-order valence-corrected chi connectivity index (χ4v) is 3.12. The van der Waals surface area contributed by atoms with Gasteiger partial charge in [-0.2, -0.15) is 0 Å². The van der Waals surface area contributed by atoms with Crippen molar-refractivity contribution in [3.63, 3.8) is 0 Å². The molecule has 1 aliphatic rings. The molecule has 0 aromatic heterocycles. The van der Waals surface area contributed by atoms with Crippen LogP contribution < -0.4 is 0 Å². The largest absolute Gasteiger partial charge is 0.378 e. The van der Waals surface area contributed by atoms with Crippen LogP contribution in [0.15, 0.2) is 24.3 Å². The minimum Gasteiger partial charge on any atom is -0.378 e. The minimum absolute atomic E-state index is 0.0514. The standard InChI is InChI=1S/C25H33NO11/c1-19(27)20-4-2-3-5-21(20)22(28)18-36-17-16-35-15-14-34-13-12-33-11-10-32-9-8-25(31)37-26-23(29)6-7-24(26)30/h2-5H,6-18H2,1H3. The van der Waals surface area contributed by atoms with E-state index in [1.165, 1.54) is 6.92 Å². The predicted octanol–water partition coefficient (Wildman–Crippen LogP) is 1.15. The highest BCUT2D eigenvalue weighted by Crippen LogP contribution is 2.12. The molecule has 0 bridgehead atoms. The Balaban J connectivity index is 1.34. The van der Waals surface area contributed by atoms with Crippen molar-refractivity contribution in [2.45, 2.75) is 26.2 Å². The third-order valence-corrected chi connectivity index (χ3v) is 4.98. The molecule has 1 aliphatic heterocycles. The summed E-state index contributed by atoms with van der Waals surface area (Å²) in [6.07, 6.45) is 0.0148. The first-order valence-electron chi connectivity index (χ1n) is 12.0. The van der Waals surface area contributed by atoms with Gasteiger partial charge in [0.2, 0.25) is 0 Å². The predicted molar refractivity (Wildman–Crippen MR) is 127 cm³/mol. The maximum atomic E-state index is 12.2. The van der Waals surface area contributed by atoms with Gasteiger partial charge in [0.15, 0.2) is 11.6 Å². The minimum atomic E-state index is -0.712. The van der Waals surface area contributed by atoms with E-state index in [0.717, 1.165) is 0 Å². The van der Waals surface area contributed by atoms with Crippen LogP contribution in [0.3, 0.4) is 0 Å². The summed E-state index contributed by atoms with van der Waals surface area (Å²) >= 11 is 0. The molecule has 1 aromatic carbocycles. The molecule has 0 aliphatic carbocycles. The summed E-state index contributed by atoms with van der Waals surface area (Å²) in [5.74, 6) is -2.17. The lowest BCUT2D eigenvalue weighted by molar-refractivity contribution is -0.198. The first-order chi connectivity index (χ1) is 17.9. The lowest BCUT2D eigenvalue weighted by Gasteiger charge is -2.12. The molecule has 12 heteroatoms. The van der Waals surface area contributed by atoms with Gasteiger partial charge in [-0.15, -0.1) is 5.06 Å². The fourth-order valence-electron chi connectivity index (χ4n) is 3.12. The number of amides is 2. The number of Topliss-reactive ketones (excluding diaryl/α,β-unsaturated/α-hetero) is 2. The zero-order chi connectivity index (χ0) is 26.9. The van der Waals surface area contributed by atoms with Crippen molar-refractivity contribution < 1.29 is 52.5 Å². The molecular weight excluding hydrogens is 490 g/mol. The normalized spacial score (nSPS) is 13.3. The molecule has 1 saturated heterocycles. The Morgan fingerprint density at radius 3 is 1.68 bits per heavy atom. The van der Waals surface area contributed by atoms with Gasteiger partial charge >= 0.3 is 5.97 Å². The molecule has 2 rings (SSSR count). The first-order valence-corrected chi connectivity index (χ1v) is 12.0. The fraction of sp³-hybridized carbons (Fsp3) is 0.560. The van der Waals surface area contributed by atoms with E-state index < -0.39 is 17.8 Å². The molecule has 204 valence electrons. The van der Waals surface area contributed by atoms with E-state index in [4.69, 9.17) is 28.5 Å². The van der Waals surface area contributed by atoms with E-state index in [2.05, 4.69) is 0 Å². The lowest BCUT2D eigenvalue weighted by atomic mass is 10.0. The number of rotatable bonds is 20. The van der Waals surface area contributed by atoms with Crippen molar-refractivity contribution in [2.75, 3.05) is 66.1 Å². The molecule has 0 unspecified atom stereocenters. The van der Waals surface area contributed by atoms with E-state index in [9.17, 15) is 24.0 Å². The summed E-state index contributed by atoms with van der Waals surface area (Å²) in [6.45, 7) is 3.94. The maximum absolute atomic E-state index is 12.2. The van der Waals surface area contributed by atoms with E-state index in [-0.39, 0.29) is 57.3 Å². The summed E-state index contributed by atoms with van der Waals surface area (Å²) in [6, 6.07) is 6.64. The molecular formula is C25H33NO11. The van der Waals surface area contributed by atoms with Gasteiger partial charge in [0.25, 0.3) is 11.8 Å². The average molecular weight is 524 g/mol. The first kappa shape index (κ1) is 30.2. The average Bonchev–Trinajstić information content (AvgIpc) is 3.20. The number of ether oxygens (including phenoxy) is 5. The van der Waals surface area contributed by atoms with Crippen molar-refractivity contribution in [1.29, 1.82) is 0 Å². The smallest absolute Gasteiger partial charge is 0.335 e. The van der Waals surface area contributed by atoms with Crippen molar-refractivity contribution in [2.24, 2.45) is 0 Å². The molecule has 1 heterocycles. The van der Waals surface area contributed by atoms with Crippen LogP contribution in [0.1, 0.15) is 46.9 Å². The number of carbonyl (C=O) groups excluding carboxylic acids is 5. The lowest BCUT2D eigenvalue weighted by Crippen LogP contribution is -2.32. The molecule has 1 aromatic rings. The second kappa shape index (κ2) is 17.4. The second-order valence-corrected chi connectivity index (χ2v) is 7.82. The van der Waals surface area contributed by atoms with E-state index in [1.807, 2.05) is 0 Å². The summed E-state index contributed by atoms with van der Waals surface area (Å²) < 4.78 is 26.7. The SMILES string of the molecule is CC(=O)c1ccccc1C(=O)COCCOCCOCCOCCOCCC(=O)ON1C(=O)CCC1=O. The van der Waals surface area contributed by atoms with Gasteiger partial charge < -0.3 is 28.5 Å². The van der Waals surface area contributed by atoms with Gasteiger partial charge in [-0.25, -0.2) is 4.79 Å². The zero-order valence-corrected chi connectivity index (χ0v) is 20.9. The number of carbonyl (C=O) groups is 5. The molecule has 0 spiro atoms. The van der Waals surface area contributed by atoms with E-state index in [1.54, 1.807) is 24.3 Å². The Hall–Kier alpha value is -3.03. The second-order valence-electron chi connectivity index (χ2n) is 7.82. The van der Waals surface area contributed by atoms with Crippen LogP contribution in [0.4, 0.5) is 0 Å². The molecule has 1 fully saturated rings. The Labute approximate surface area is 215 Å². The van der Waals surface area contributed by atoms with Crippen LogP contribution in [0.25, 0.3) is 0 Å². The number of nitrogens with zero attached hydrogens (tertiary/aromatic N) is 1. The quantitative estimate of drug-likeness (QED) is 0.138. The van der Waals surface area contributed by atoms with Crippen molar-refractivity contribution in [1.82, 2.24) is 5.06 Å². The number of hydrogen-bond acceptors (Lipinski definition) is 11. The molecule has 0 atom stereocenters. The van der Waals surface area contributed by atoms with Crippen LogP contribution >= 0.6 is 0 Å². The summed E-state index contributed by atoms with van der Waals surface area (Å²) in [4.78, 5) is 62.8. The zero-order valence-electron chi connectivity index (χ0n) is 20.9. The molecule has 0 N–H and O–H groups in total. The van der Waals surface area contributed by atoms with Gasteiger partial charge in [-0.05, 0) is 6.92 Å². The van der Waals surface area contributed by atoms with Crippen molar-refractivity contribution >= 4 is 29.4 Å². The Kier molecular flexibility index (Phi) is 14.2. The third kappa shape index (κ3) is 11.7. The Bertz CT molecular complexity index is 902. The van der Waals surface area contributed by atoms with Gasteiger partial charge in [-0.3, -0.25) is 19.2 Å². The third-order valence-electron chi connectivity index (χ3n) is 4.98. The summed E-state index contributed by atoms with van der Waals surface area (Å²) in [5, 5.41) is 0.506. The number of ketones is 2. The monoisotopic (exact) mass is 523 g/mol. The highest BCUT2D eigenvalue weighted by molar-refractivity contribution is 6.08. The maximum Gasteiger partial charge on any atom is 0.335 e. The van der Waals surface area contributed by atoms with Crippen molar-refractivity contribution in [3.8, 4) is 0 Å². The molecule has 0 saturated carbocycles. The summed E-state index contributed by atoms with van der Waals surface area (Å²) in [7, 11) is 0. The van der Waals surface area contributed by atoms with Crippen LogP contribution in [0.2, 0.25) is 0 Å². The summed E-state index contributed by atoms with van der Waals surface area (Å²) in [5.41, 5.74) is 0.739. The highest BCUT2D eigenvalue weighted by Gasteiger charge is 2.32. The van der Waals surface area contributed by atoms with Gasteiger partial charge in [-0.1, -0.05) is 24.3 Å². The highest BCUT2D eigenvalue weighted by atomic mass is 16.7. The van der Waals surface area contributed by atoms with Gasteiger partial charge in [0.1, 0.15) is 6.61 Å². The Morgan fingerprint density at radius 1 is 0.703 bits per heavy atom. The Morgan fingerprint density at radius 2 is 1.16 bits per heavy atom. The van der Waals surface area contributed by atoms with E-state index in [0.29, 0.717) is 55.8 Å². The molecule has 0 radical (unpaired) electrons. The van der Waals surface area contributed by atoms with Crippen LogP contribution in [0, 0.1) is 0 Å². The van der Waals surface area contributed by atoms with Gasteiger partial charge in [0.05, 0.1) is 65.9 Å². The van der Waals surface area contributed by atoms with Crippen molar-refractivity contribution in [3.05, 3.63) is 35.4 Å². The van der Waals surface area contributed by atoms with Crippen LogP contribution in [-0.2, 0) is 42.9 Å². The topological polar surface area (TPSA) is 144 Å². The number of imide groups is 1.